The van der Waals surface area contributed by atoms with Gasteiger partial charge < -0.3 is 5.11 Å². The molecule has 3 heteroatoms. The third kappa shape index (κ3) is 8.09. The summed E-state index contributed by atoms with van der Waals surface area (Å²) in [7, 11) is 0. The van der Waals surface area contributed by atoms with Crippen LogP contribution in [-0.4, -0.2) is 16.1 Å². The van der Waals surface area contributed by atoms with Gasteiger partial charge in [0.25, 0.3) is 0 Å². The van der Waals surface area contributed by atoms with E-state index < -0.39 is 6.09 Å². The van der Waals surface area contributed by atoms with Gasteiger partial charge in [0.1, 0.15) is 0 Å². The number of carbonyl (C=O) groups is 1. The van der Waals surface area contributed by atoms with Crippen LogP contribution in [0.25, 0.3) is 0 Å². The zero-order chi connectivity index (χ0) is 12.2. The molecule has 0 unspecified atom stereocenters. The second-order valence-corrected chi connectivity index (χ2v) is 3.74. The first kappa shape index (κ1) is 14.8. The number of unbranched alkanes of at least 4 members (excludes halogenated alkanes) is 4. The molecule has 0 fully saturated rings. The fourth-order valence-electron chi connectivity index (χ4n) is 1.20. The standard InChI is InChI=1S/C13H23NO2/c1-3-5-7-9-11-14(13(15)16)12-10-8-6-4-2/h9-12H,3-8H2,1-2H3,(H,15,16)/b11-9+,12-10+. The van der Waals surface area contributed by atoms with Crippen molar-refractivity contribution in [3.05, 3.63) is 24.6 Å². The molecule has 0 rings (SSSR count). The van der Waals surface area contributed by atoms with E-state index in [0.29, 0.717) is 0 Å². The topological polar surface area (TPSA) is 40.5 Å². The van der Waals surface area contributed by atoms with Crippen molar-refractivity contribution < 1.29 is 9.90 Å². The zero-order valence-corrected chi connectivity index (χ0v) is 10.4. The van der Waals surface area contributed by atoms with E-state index in [1.54, 1.807) is 12.4 Å². The molecule has 0 heterocycles. The summed E-state index contributed by atoms with van der Waals surface area (Å²) in [4.78, 5) is 12.1. The van der Waals surface area contributed by atoms with Crippen LogP contribution in [0.3, 0.4) is 0 Å². The Balaban J connectivity index is 4.01. The molecule has 0 saturated heterocycles. The molecule has 0 spiro atoms. The molecule has 0 radical (unpaired) electrons. The first-order valence-corrected chi connectivity index (χ1v) is 6.07. The summed E-state index contributed by atoms with van der Waals surface area (Å²) in [5, 5.41) is 8.91. The van der Waals surface area contributed by atoms with Gasteiger partial charge in [-0.3, -0.25) is 4.90 Å². The number of carboxylic acid groups (broad SMARTS) is 1. The summed E-state index contributed by atoms with van der Waals surface area (Å²) >= 11 is 0. The van der Waals surface area contributed by atoms with Crippen LogP contribution in [0, 0.1) is 0 Å². The number of nitrogens with zero attached hydrogens (tertiary/aromatic N) is 1. The van der Waals surface area contributed by atoms with Crippen LogP contribution in [-0.2, 0) is 0 Å². The number of hydrogen-bond acceptors (Lipinski definition) is 1. The summed E-state index contributed by atoms with van der Waals surface area (Å²) < 4.78 is 0. The normalized spacial score (nSPS) is 11.4. The molecule has 0 aromatic heterocycles. The second kappa shape index (κ2) is 10.3. The minimum atomic E-state index is -0.930. The SMILES string of the molecule is CCCC/C=C/N(/C=C/CCCC)C(=O)O. The quantitative estimate of drug-likeness (QED) is 0.623. The number of allylic oxidation sites excluding steroid dienone is 2. The Kier molecular flexibility index (Phi) is 9.47. The van der Waals surface area contributed by atoms with Crippen LogP contribution in [0.1, 0.15) is 52.4 Å². The van der Waals surface area contributed by atoms with Gasteiger partial charge in [0.05, 0.1) is 0 Å². The van der Waals surface area contributed by atoms with Crippen LogP contribution in [0.5, 0.6) is 0 Å². The summed E-state index contributed by atoms with van der Waals surface area (Å²) in [6, 6.07) is 0. The minimum Gasteiger partial charge on any atom is -0.464 e. The molecular weight excluding hydrogens is 202 g/mol. The first-order chi connectivity index (χ1) is 7.72. The van der Waals surface area contributed by atoms with Gasteiger partial charge in [0.15, 0.2) is 0 Å². The van der Waals surface area contributed by atoms with E-state index in [1.807, 2.05) is 12.2 Å². The zero-order valence-electron chi connectivity index (χ0n) is 10.4. The van der Waals surface area contributed by atoms with Gasteiger partial charge in [-0.15, -0.1) is 0 Å². The van der Waals surface area contributed by atoms with Crippen molar-refractivity contribution in [3.63, 3.8) is 0 Å². The van der Waals surface area contributed by atoms with E-state index >= 15 is 0 Å². The summed E-state index contributed by atoms with van der Waals surface area (Å²) in [5.41, 5.74) is 0. The number of amides is 1. The van der Waals surface area contributed by atoms with Crippen LogP contribution < -0.4 is 0 Å². The molecule has 0 aromatic rings. The Morgan fingerprint density at radius 3 is 1.81 bits per heavy atom. The molecule has 0 aliphatic carbocycles. The molecule has 3 nitrogen and oxygen atoms in total. The Morgan fingerprint density at radius 1 is 1.06 bits per heavy atom. The van der Waals surface area contributed by atoms with Crippen LogP contribution in [0.4, 0.5) is 4.79 Å². The van der Waals surface area contributed by atoms with Crippen molar-refractivity contribution in [2.24, 2.45) is 0 Å². The maximum Gasteiger partial charge on any atom is 0.415 e. The highest BCUT2D eigenvalue weighted by Crippen LogP contribution is 2.01. The lowest BCUT2D eigenvalue weighted by molar-refractivity contribution is 0.175. The van der Waals surface area contributed by atoms with E-state index in [-0.39, 0.29) is 0 Å². The third-order valence-electron chi connectivity index (χ3n) is 2.20. The van der Waals surface area contributed by atoms with E-state index in [0.717, 1.165) is 38.5 Å². The first-order valence-electron chi connectivity index (χ1n) is 6.07. The van der Waals surface area contributed by atoms with Crippen molar-refractivity contribution >= 4 is 6.09 Å². The van der Waals surface area contributed by atoms with Crippen molar-refractivity contribution in [2.75, 3.05) is 0 Å². The number of rotatable bonds is 8. The molecule has 0 aromatic carbocycles. The highest BCUT2D eigenvalue weighted by atomic mass is 16.4. The molecule has 1 N–H and O–H groups in total. The second-order valence-electron chi connectivity index (χ2n) is 3.74. The Labute approximate surface area is 98.5 Å². The predicted octanol–water partition coefficient (Wildman–Crippen LogP) is 4.37. The molecule has 0 bridgehead atoms. The minimum absolute atomic E-state index is 0.930. The van der Waals surface area contributed by atoms with Gasteiger partial charge in [0.2, 0.25) is 0 Å². The van der Waals surface area contributed by atoms with Crippen LogP contribution >= 0.6 is 0 Å². The summed E-state index contributed by atoms with van der Waals surface area (Å²) in [5.74, 6) is 0. The highest BCUT2D eigenvalue weighted by Gasteiger charge is 2.02. The van der Waals surface area contributed by atoms with Gasteiger partial charge in [-0.2, -0.15) is 0 Å². The maximum absolute atomic E-state index is 10.9. The Morgan fingerprint density at radius 2 is 1.50 bits per heavy atom. The van der Waals surface area contributed by atoms with Gasteiger partial charge in [-0.05, 0) is 12.8 Å². The van der Waals surface area contributed by atoms with Crippen LogP contribution in [0.15, 0.2) is 24.6 Å². The monoisotopic (exact) mass is 225 g/mol. The third-order valence-corrected chi connectivity index (χ3v) is 2.20. The maximum atomic E-state index is 10.9. The molecular formula is C13H23NO2. The number of hydrogen-bond donors (Lipinski definition) is 1. The van der Waals surface area contributed by atoms with Gasteiger partial charge in [0, 0.05) is 12.4 Å². The summed E-state index contributed by atoms with van der Waals surface area (Å²) in [6.45, 7) is 4.24. The van der Waals surface area contributed by atoms with Crippen molar-refractivity contribution in [2.45, 2.75) is 52.4 Å². The van der Waals surface area contributed by atoms with Gasteiger partial charge >= 0.3 is 6.09 Å². The van der Waals surface area contributed by atoms with E-state index in [9.17, 15) is 4.79 Å². The fourth-order valence-corrected chi connectivity index (χ4v) is 1.20. The van der Waals surface area contributed by atoms with Gasteiger partial charge in [-0.25, -0.2) is 4.79 Å². The van der Waals surface area contributed by atoms with Crippen molar-refractivity contribution in [1.29, 1.82) is 0 Å². The fraction of sp³-hybridized carbons (Fsp3) is 0.615. The Hall–Kier alpha value is -1.25. The smallest absolute Gasteiger partial charge is 0.415 e. The van der Waals surface area contributed by atoms with E-state index in [2.05, 4.69) is 13.8 Å². The van der Waals surface area contributed by atoms with Gasteiger partial charge in [-0.1, -0.05) is 51.7 Å². The molecule has 1 amide bonds. The molecule has 0 aliphatic heterocycles. The largest absolute Gasteiger partial charge is 0.464 e. The highest BCUT2D eigenvalue weighted by molar-refractivity contribution is 5.67. The van der Waals surface area contributed by atoms with Crippen molar-refractivity contribution in [1.82, 2.24) is 4.90 Å². The molecule has 0 saturated carbocycles. The van der Waals surface area contributed by atoms with E-state index in [1.165, 1.54) is 4.90 Å². The lowest BCUT2D eigenvalue weighted by Gasteiger charge is -2.07. The van der Waals surface area contributed by atoms with E-state index in [4.69, 9.17) is 5.11 Å². The average molecular weight is 225 g/mol. The summed E-state index contributed by atoms with van der Waals surface area (Å²) in [6.07, 6.45) is 12.5. The Bertz CT molecular complexity index is 216. The molecule has 0 aliphatic rings. The lowest BCUT2D eigenvalue weighted by Crippen LogP contribution is -2.16. The van der Waals surface area contributed by atoms with Crippen LogP contribution in [0.2, 0.25) is 0 Å². The molecule has 92 valence electrons. The predicted molar refractivity (Wildman–Crippen MR) is 67.2 cm³/mol. The average Bonchev–Trinajstić information content (AvgIpc) is 2.26. The molecule has 0 atom stereocenters. The molecule has 16 heavy (non-hydrogen) atoms. The van der Waals surface area contributed by atoms with Crippen molar-refractivity contribution in [3.8, 4) is 0 Å². The lowest BCUT2D eigenvalue weighted by atomic mass is 10.2.